The number of aromatic nitrogens is 2. The zero-order valence-electron chi connectivity index (χ0n) is 9.34. The molecule has 0 aliphatic carbocycles. The molecule has 0 saturated carbocycles. The van der Waals surface area contributed by atoms with Gasteiger partial charge >= 0.3 is 0 Å². The Morgan fingerprint density at radius 1 is 1.47 bits per heavy atom. The quantitative estimate of drug-likeness (QED) is 0.747. The molecule has 0 aromatic carbocycles. The van der Waals surface area contributed by atoms with Crippen molar-refractivity contribution in [2.75, 3.05) is 7.05 Å². The van der Waals surface area contributed by atoms with Crippen LogP contribution in [0.5, 0.6) is 0 Å². The van der Waals surface area contributed by atoms with E-state index in [1.54, 1.807) is 6.92 Å². The van der Waals surface area contributed by atoms with Gasteiger partial charge in [-0.25, -0.2) is 4.98 Å². The molecule has 0 radical (unpaired) electrons. The Hall–Kier alpha value is -1.65. The van der Waals surface area contributed by atoms with Crippen LogP contribution in [0, 0.1) is 6.92 Å². The van der Waals surface area contributed by atoms with Gasteiger partial charge in [-0.3, -0.25) is 9.59 Å². The lowest BCUT2D eigenvalue weighted by Gasteiger charge is -2.07. The second kappa shape index (κ2) is 4.25. The maximum absolute atomic E-state index is 11.6. The van der Waals surface area contributed by atoms with Crippen molar-refractivity contribution in [1.29, 1.82) is 0 Å². The summed E-state index contributed by atoms with van der Waals surface area (Å²) in [6.45, 7) is 5.51. The molecule has 5 heteroatoms. The molecule has 0 bridgehead atoms. The fourth-order valence-electron chi connectivity index (χ4n) is 1.27. The van der Waals surface area contributed by atoms with Crippen molar-refractivity contribution in [1.82, 2.24) is 15.3 Å². The van der Waals surface area contributed by atoms with Gasteiger partial charge in [-0.15, -0.1) is 0 Å². The van der Waals surface area contributed by atoms with Gasteiger partial charge in [-0.05, 0) is 6.92 Å². The maximum atomic E-state index is 11.6. The molecular formula is C10H15N3O2. The number of H-pyrrole nitrogens is 1. The van der Waals surface area contributed by atoms with Crippen LogP contribution in [0.3, 0.4) is 0 Å². The number of rotatable bonds is 2. The molecule has 0 unspecified atom stereocenters. The van der Waals surface area contributed by atoms with E-state index in [-0.39, 0.29) is 17.0 Å². The van der Waals surface area contributed by atoms with Crippen molar-refractivity contribution in [2.45, 2.75) is 26.7 Å². The first kappa shape index (κ1) is 11.4. The third kappa shape index (κ3) is 2.23. The summed E-state index contributed by atoms with van der Waals surface area (Å²) in [7, 11) is 1.48. The lowest BCUT2D eigenvalue weighted by molar-refractivity contribution is 0.0960. The van der Waals surface area contributed by atoms with Crippen LogP contribution in [0.15, 0.2) is 4.79 Å². The minimum Gasteiger partial charge on any atom is -0.355 e. The average Bonchev–Trinajstić information content (AvgIpc) is 2.16. The maximum Gasteiger partial charge on any atom is 0.264 e. The van der Waals surface area contributed by atoms with Crippen LogP contribution in [0.2, 0.25) is 0 Å². The van der Waals surface area contributed by atoms with Gasteiger partial charge in [-0.2, -0.15) is 0 Å². The Labute approximate surface area is 87.9 Å². The van der Waals surface area contributed by atoms with E-state index in [4.69, 9.17) is 0 Å². The number of aryl methyl sites for hydroxylation is 1. The van der Waals surface area contributed by atoms with Crippen molar-refractivity contribution in [3.05, 3.63) is 27.4 Å². The normalized spacial score (nSPS) is 10.5. The van der Waals surface area contributed by atoms with Crippen LogP contribution in [0.25, 0.3) is 0 Å². The van der Waals surface area contributed by atoms with Crippen LogP contribution in [-0.4, -0.2) is 22.9 Å². The number of nitrogens with zero attached hydrogens (tertiary/aromatic N) is 1. The molecule has 0 atom stereocenters. The average molecular weight is 209 g/mol. The molecule has 1 aromatic rings. The molecule has 0 saturated heterocycles. The molecule has 82 valence electrons. The summed E-state index contributed by atoms with van der Waals surface area (Å²) in [6.07, 6.45) is 0. The lowest BCUT2D eigenvalue weighted by Crippen LogP contribution is -2.30. The second-order valence-electron chi connectivity index (χ2n) is 3.65. The van der Waals surface area contributed by atoms with E-state index in [1.165, 1.54) is 7.05 Å². The van der Waals surface area contributed by atoms with E-state index in [0.29, 0.717) is 11.5 Å². The summed E-state index contributed by atoms with van der Waals surface area (Å²) in [5.74, 6) is 0.330. The molecular weight excluding hydrogens is 194 g/mol. The Morgan fingerprint density at radius 3 is 2.47 bits per heavy atom. The number of amides is 1. The second-order valence-corrected chi connectivity index (χ2v) is 3.65. The van der Waals surface area contributed by atoms with Crippen molar-refractivity contribution in [2.24, 2.45) is 0 Å². The minimum absolute atomic E-state index is 0.0851. The molecule has 15 heavy (non-hydrogen) atoms. The topological polar surface area (TPSA) is 74.8 Å². The Morgan fingerprint density at radius 2 is 2.07 bits per heavy atom. The number of aromatic amines is 1. The van der Waals surface area contributed by atoms with E-state index in [1.807, 2.05) is 13.8 Å². The molecule has 0 aliphatic heterocycles. The molecule has 2 N–H and O–H groups in total. The fourth-order valence-corrected chi connectivity index (χ4v) is 1.27. The van der Waals surface area contributed by atoms with Gasteiger partial charge in [-0.1, -0.05) is 13.8 Å². The lowest BCUT2D eigenvalue weighted by atomic mass is 10.1. The largest absolute Gasteiger partial charge is 0.355 e. The van der Waals surface area contributed by atoms with Crippen LogP contribution in [0.1, 0.15) is 41.6 Å². The van der Waals surface area contributed by atoms with Crippen LogP contribution < -0.4 is 10.9 Å². The summed E-state index contributed by atoms with van der Waals surface area (Å²) in [5.41, 5.74) is 0.161. The van der Waals surface area contributed by atoms with Crippen molar-refractivity contribution in [3.8, 4) is 0 Å². The van der Waals surface area contributed by atoms with E-state index < -0.39 is 5.91 Å². The molecule has 0 aliphatic rings. The molecule has 1 rings (SSSR count). The Balaban J connectivity index is 3.34. The third-order valence-corrected chi connectivity index (χ3v) is 2.12. The van der Waals surface area contributed by atoms with E-state index in [2.05, 4.69) is 15.3 Å². The van der Waals surface area contributed by atoms with Gasteiger partial charge < -0.3 is 10.3 Å². The van der Waals surface area contributed by atoms with Crippen LogP contribution in [-0.2, 0) is 0 Å². The molecule has 1 heterocycles. The van der Waals surface area contributed by atoms with Crippen molar-refractivity contribution < 1.29 is 4.79 Å². The summed E-state index contributed by atoms with van der Waals surface area (Å²) < 4.78 is 0. The van der Waals surface area contributed by atoms with Gasteiger partial charge in [0, 0.05) is 13.0 Å². The Bertz CT molecular complexity index is 435. The molecule has 0 fully saturated rings. The van der Waals surface area contributed by atoms with E-state index in [0.717, 1.165) is 0 Å². The number of carbonyl (C=O) groups excluding carboxylic acids is 1. The highest BCUT2D eigenvalue weighted by molar-refractivity contribution is 5.94. The monoisotopic (exact) mass is 209 g/mol. The molecule has 1 amide bonds. The highest BCUT2D eigenvalue weighted by atomic mass is 16.2. The van der Waals surface area contributed by atoms with Gasteiger partial charge in [0.05, 0.1) is 5.69 Å². The standard InChI is InChI=1S/C10H15N3O2/c1-5(2)8-12-6(3)7(9(14)11-4)10(15)13-8/h5H,1-4H3,(H,11,14)(H,12,13,15). The number of carbonyl (C=O) groups is 1. The SMILES string of the molecule is CNC(=O)c1c(C)nc(C(C)C)[nH]c1=O. The number of nitrogens with one attached hydrogen (secondary N) is 2. The van der Waals surface area contributed by atoms with Crippen LogP contribution in [0.4, 0.5) is 0 Å². The zero-order valence-corrected chi connectivity index (χ0v) is 9.34. The summed E-state index contributed by atoms with van der Waals surface area (Å²) >= 11 is 0. The fraction of sp³-hybridized carbons (Fsp3) is 0.500. The van der Waals surface area contributed by atoms with Gasteiger partial charge in [0.25, 0.3) is 11.5 Å². The summed E-state index contributed by atoms with van der Waals surface area (Å²) in [6, 6.07) is 0. The third-order valence-electron chi connectivity index (χ3n) is 2.12. The number of hydrogen-bond donors (Lipinski definition) is 2. The predicted molar refractivity (Wildman–Crippen MR) is 57.1 cm³/mol. The van der Waals surface area contributed by atoms with Crippen molar-refractivity contribution in [3.63, 3.8) is 0 Å². The van der Waals surface area contributed by atoms with E-state index >= 15 is 0 Å². The first-order valence-corrected chi connectivity index (χ1v) is 4.80. The highest BCUT2D eigenvalue weighted by Gasteiger charge is 2.15. The van der Waals surface area contributed by atoms with Gasteiger partial charge in [0.1, 0.15) is 11.4 Å². The molecule has 1 aromatic heterocycles. The first-order chi connectivity index (χ1) is 6.97. The highest BCUT2D eigenvalue weighted by Crippen LogP contribution is 2.08. The van der Waals surface area contributed by atoms with Gasteiger partial charge in [0.2, 0.25) is 0 Å². The smallest absolute Gasteiger partial charge is 0.264 e. The Kier molecular flexibility index (Phi) is 3.24. The zero-order chi connectivity index (χ0) is 11.6. The molecule has 0 spiro atoms. The first-order valence-electron chi connectivity index (χ1n) is 4.80. The predicted octanol–water partition coefficient (Wildman–Crippen LogP) is 0.561. The summed E-state index contributed by atoms with van der Waals surface area (Å²) in [4.78, 5) is 29.8. The van der Waals surface area contributed by atoms with Crippen molar-refractivity contribution >= 4 is 5.91 Å². The van der Waals surface area contributed by atoms with E-state index in [9.17, 15) is 9.59 Å². The summed E-state index contributed by atoms with van der Waals surface area (Å²) in [5, 5.41) is 2.41. The van der Waals surface area contributed by atoms with Gasteiger partial charge in [0.15, 0.2) is 0 Å². The number of hydrogen-bond acceptors (Lipinski definition) is 3. The van der Waals surface area contributed by atoms with Crippen LogP contribution >= 0.6 is 0 Å². The molecule has 5 nitrogen and oxygen atoms in total. The minimum atomic E-state index is -0.406.